The van der Waals surface area contributed by atoms with Gasteiger partial charge in [-0.1, -0.05) is 105 Å². The second kappa shape index (κ2) is 19.2. The van der Waals surface area contributed by atoms with Crippen LogP contribution in [0.25, 0.3) is 0 Å². The van der Waals surface area contributed by atoms with Crippen LogP contribution in [-0.4, -0.2) is 37.0 Å². The molecule has 2 heterocycles. The summed E-state index contributed by atoms with van der Waals surface area (Å²) < 4.78 is 123. The largest absolute Gasteiger partial charge is 0.741 e. The molecule has 6 nitrogen and oxygen atoms in total. The minimum Gasteiger partial charge on any atom is -0.741 e. The fraction of sp³-hybridized carbons (Fsp3) is 0.158. The standard InChI is InChI=1S/C36H32S5.2CHF3O3S/c1-25-5-13-29(14-6-25)40(30-15-7-26(2)8-16-30)35-23-21-33(38-35)37-34-22-24-36(39-34)41(31-17-9-27(3)10-18-31)32-19-11-28(4)12-20-32;2*2-1(3,4)8(5,6)7/h5-24H,1-4H3;2*(H,5,6,7)/q+2;;/p-2. The summed E-state index contributed by atoms with van der Waals surface area (Å²) in [5.41, 5.74) is -6.10. The van der Waals surface area contributed by atoms with E-state index in [0.29, 0.717) is 0 Å². The van der Waals surface area contributed by atoms with E-state index in [1.807, 2.05) is 34.4 Å². The van der Waals surface area contributed by atoms with E-state index >= 15 is 0 Å². The smallest absolute Gasteiger partial charge is 0.485 e. The zero-order chi connectivity index (χ0) is 42.3. The Morgan fingerprint density at radius 1 is 0.439 bits per heavy atom. The van der Waals surface area contributed by atoms with E-state index in [0.717, 1.165) is 0 Å². The van der Waals surface area contributed by atoms with E-state index in [2.05, 4.69) is 149 Å². The molecule has 0 saturated carbocycles. The van der Waals surface area contributed by atoms with Crippen molar-refractivity contribution in [1.82, 2.24) is 0 Å². The summed E-state index contributed by atoms with van der Waals surface area (Å²) in [5.74, 6) is 0. The Bertz CT molecular complexity index is 2180. The molecular weight excluding hydrogens is 891 g/mol. The summed E-state index contributed by atoms with van der Waals surface area (Å²) in [6, 6.07) is 45.6. The molecule has 0 bridgehead atoms. The molecule has 0 atom stereocenters. The van der Waals surface area contributed by atoms with Crippen molar-refractivity contribution >= 4 is 76.5 Å². The molecule has 2 aromatic heterocycles. The lowest BCUT2D eigenvalue weighted by Crippen LogP contribution is -2.21. The molecule has 0 spiro atoms. The summed E-state index contributed by atoms with van der Waals surface area (Å²) in [6.45, 7) is 8.63. The second-order valence-electron chi connectivity index (χ2n) is 11.9. The fourth-order valence-corrected chi connectivity index (χ4v) is 13.6. The Balaban J connectivity index is 0.000000379. The molecular formula is C38H32F6O6S7. The predicted molar refractivity (Wildman–Crippen MR) is 213 cm³/mol. The van der Waals surface area contributed by atoms with Crippen LogP contribution < -0.4 is 0 Å². The van der Waals surface area contributed by atoms with Crippen molar-refractivity contribution in [2.45, 2.75) is 75.1 Å². The van der Waals surface area contributed by atoms with Gasteiger partial charge < -0.3 is 9.11 Å². The van der Waals surface area contributed by atoms with Crippen molar-refractivity contribution in [3.05, 3.63) is 144 Å². The Hall–Kier alpha value is -3.27. The van der Waals surface area contributed by atoms with Crippen molar-refractivity contribution in [2.75, 3.05) is 0 Å². The highest BCUT2D eigenvalue weighted by molar-refractivity contribution is 8.04. The van der Waals surface area contributed by atoms with Gasteiger partial charge >= 0.3 is 11.0 Å². The van der Waals surface area contributed by atoms with E-state index in [9.17, 15) is 26.3 Å². The molecule has 19 heteroatoms. The van der Waals surface area contributed by atoms with Crippen molar-refractivity contribution in [1.29, 1.82) is 0 Å². The lowest BCUT2D eigenvalue weighted by molar-refractivity contribution is -0.0522. The molecule has 57 heavy (non-hydrogen) atoms. The first-order valence-corrected chi connectivity index (χ1v) is 23.8. The van der Waals surface area contributed by atoms with Gasteiger partial charge in [0.25, 0.3) is 0 Å². The fourth-order valence-electron chi connectivity index (χ4n) is 4.47. The highest BCUT2D eigenvalue weighted by Crippen LogP contribution is 2.45. The average Bonchev–Trinajstić information content (AvgIpc) is 3.77. The Morgan fingerprint density at radius 2 is 0.649 bits per heavy atom. The van der Waals surface area contributed by atoms with Gasteiger partial charge in [0.2, 0.25) is 8.42 Å². The maximum Gasteiger partial charge on any atom is 0.485 e. The van der Waals surface area contributed by atoms with Crippen LogP contribution in [0.1, 0.15) is 22.3 Å². The van der Waals surface area contributed by atoms with E-state index in [1.165, 1.54) is 58.7 Å². The normalized spacial score (nSPS) is 12.2. The molecule has 4 aromatic carbocycles. The molecule has 0 N–H and O–H groups in total. The average molecular weight is 923 g/mol. The van der Waals surface area contributed by atoms with E-state index in [-0.39, 0.29) is 21.8 Å². The quantitative estimate of drug-likeness (QED) is 0.0646. The van der Waals surface area contributed by atoms with Gasteiger partial charge in [-0.25, -0.2) is 16.8 Å². The minimum absolute atomic E-state index is 0.114. The zero-order valence-electron chi connectivity index (χ0n) is 30.1. The van der Waals surface area contributed by atoms with Crippen LogP contribution in [0.5, 0.6) is 0 Å². The van der Waals surface area contributed by atoms with Crippen LogP contribution in [0, 0.1) is 27.7 Å². The number of hydrogen-bond donors (Lipinski definition) is 0. The van der Waals surface area contributed by atoms with Crippen LogP contribution in [0.3, 0.4) is 0 Å². The monoisotopic (exact) mass is 922 g/mol. The third-order valence-electron chi connectivity index (χ3n) is 7.31. The summed E-state index contributed by atoms with van der Waals surface area (Å²) in [6.07, 6.45) is 0. The van der Waals surface area contributed by atoms with Gasteiger partial charge in [0.05, 0.1) is 8.42 Å². The van der Waals surface area contributed by atoms with Gasteiger partial charge in [-0.05, 0) is 88.4 Å². The first kappa shape index (κ1) is 46.4. The summed E-state index contributed by atoms with van der Waals surface area (Å²) >= 11 is 5.76. The molecule has 0 fully saturated rings. The molecule has 0 aliphatic rings. The van der Waals surface area contributed by atoms with Crippen molar-refractivity contribution in [2.24, 2.45) is 0 Å². The molecule has 304 valence electrons. The Kier molecular flexibility index (Phi) is 15.6. The number of aryl methyl sites for hydroxylation is 4. The number of benzene rings is 4. The Labute approximate surface area is 345 Å². The van der Waals surface area contributed by atoms with Crippen LogP contribution >= 0.6 is 34.4 Å². The maximum atomic E-state index is 10.7. The molecule has 0 aliphatic heterocycles. The molecule has 0 saturated heterocycles. The highest BCUT2D eigenvalue weighted by atomic mass is 32.2. The lowest BCUT2D eigenvalue weighted by Gasteiger charge is -2.08. The molecule has 6 aromatic rings. The van der Waals surface area contributed by atoms with E-state index in [1.54, 1.807) is 0 Å². The topological polar surface area (TPSA) is 114 Å². The summed E-state index contributed by atoms with van der Waals surface area (Å²) in [5, 5.41) is 0. The molecule has 0 amide bonds. The zero-order valence-corrected chi connectivity index (χ0v) is 35.8. The van der Waals surface area contributed by atoms with Gasteiger partial charge in [-0.15, -0.1) is 0 Å². The second-order valence-corrected chi connectivity index (χ2v) is 22.9. The predicted octanol–water partition coefficient (Wildman–Crippen LogP) is 11.5. The van der Waals surface area contributed by atoms with Crippen LogP contribution in [-0.2, 0) is 42.0 Å². The molecule has 0 radical (unpaired) electrons. The first-order chi connectivity index (χ1) is 26.4. The van der Waals surface area contributed by atoms with E-state index < -0.39 is 31.3 Å². The maximum absolute atomic E-state index is 10.7. The number of hydrogen-bond acceptors (Lipinski definition) is 9. The van der Waals surface area contributed by atoms with Gasteiger partial charge in [0.1, 0.15) is 21.8 Å². The molecule has 0 aliphatic carbocycles. The number of rotatable bonds is 8. The first-order valence-electron chi connectivity index (χ1n) is 16.1. The third-order valence-corrected chi connectivity index (χ3v) is 17.0. The van der Waals surface area contributed by atoms with Crippen LogP contribution in [0.4, 0.5) is 26.3 Å². The van der Waals surface area contributed by atoms with Crippen molar-refractivity contribution in [3.63, 3.8) is 0 Å². The number of thiophene rings is 2. The van der Waals surface area contributed by atoms with Crippen LogP contribution in [0.2, 0.25) is 0 Å². The summed E-state index contributed by atoms with van der Waals surface area (Å²) in [4.78, 5) is 5.49. The van der Waals surface area contributed by atoms with Gasteiger partial charge in [0.15, 0.2) is 39.8 Å². The van der Waals surface area contributed by atoms with Gasteiger partial charge in [-0.2, -0.15) is 26.3 Å². The SMILES string of the molecule is Cc1ccc([S+](c2ccc(C)cc2)c2ccc(Sc3ccc([S+](c4ccc(C)cc4)c4ccc(C)cc4)s3)s2)cc1.O=S(=O)([O-])C(F)(F)F.O=S(=O)([O-])C(F)(F)F. The Morgan fingerprint density at radius 3 is 0.842 bits per heavy atom. The minimum atomic E-state index is -6.09. The number of alkyl halides is 6. The van der Waals surface area contributed by atoms with Crippen molar-refractivity contribution < 1.29 is 52.3 Å². The lowest BCUT2D eigenvalue weighted by atomic mass is 10.2. The number of halogens is 6. The highest BCUT2D eigenvalue weighted by Gasteiger charge is 2.38. The van der Waals surface area contributed by atoms with Gasteiger partial charge in [0, 0.05) is 12.1 Å². The van der Waals surface area contributed by atoms with Crippen LogP contribution in [0.15, 0.2) is 158 Å². The summed E-state index contributed by atoms with van der Waals surface area (Å²) in [7, 11) is -12.4. The molecule has 6 rings (SSSR count). The van der Waals surface area contributed by atoms with Crippen molar-refractivity contribution in [3.8, 4) is 0 Å². The third kappa shape index (κ3) is 13.4. The van der Waals surface area contributed by atoms with Gasteiger partial charge in [-0.3, -0.25) is 0 Å². The molecule has 0 unspecified atom stereocenters. The van der Waals surface area contributed by atoms with E-state index in [4.69, 9.17) is 25.9 Å².